The smallest absolute Gasteiger partial charge is 0.311 e. The number of hydrogen-bond acceptors (Lipinski definition) is 11. The Hall–Kier alpha value is -2.15. The van der Waals surface area contributed by atoms with Crippen LogP contribution in [0.5, 0.6) is 0 Å². The van der Waals surface area contributed by atoms with Gasteiger partial charge in [-0.2, -0.15) is 0 Å². The molecule has 1 aromatic rings. The zero-order valence-electron chi connectivity index (χ0n) is 27.1. The van der Waals surface area contributed by atoms with Gasteiger partial charge < -0.3 is 34.8 Å². The lowest BCUT2D eigenvalue weighted by atomic mass is 9.43. The van der Waals surface area contributed by atoms with Crippen LogP contribution in [-0.4, -0.2) is 83.7 Å². The van der Waals surface area contributed by atoms with Crippen LogP contribution in [0.3, 0.4) is 0 Å². The molecule has 43 heavy (non-hydrogen) atoms. The number of ketones is 1. The molecule has 2 heterocycles. The fourth-order valence-corrected chi connectivity index (χ4v) is 9.77. The summed E-state index contributed by atoms with van der Waals surface area (Å²) in [5, 5.41) is 35.3. The minimum absolute atomic E-state index is 0.0141. The monoisotopic (exact) mass is 620 g/mol. The molecule has 11 heteroatoms. The third kappa shape index (κ3) is 4.48. The van der Waals surface area contributed by atoms with E-state index in [1.165, 1.54) is 18.3 Å². The first kappa shape index (κ1) is 30.9. The van der Waals surface area contributed by atoms with Crippen LogP contribution in [0.4, 0.5) is 0 Å². The third-order valence-corrected chi connectivity index (χ3v) is 12.3. The Labute approximate surface area is 258 Å². The molecule has 238 valence electrons. The topological polar surface area (TPSA) is 152 Å². The van der Waals surface area contributed by atoms with E-state index >= 15 is 0 Å². The van der Waals surface area contributed by atoms with Crippen molar-refractivity contribution < 1.29 is 43.9 Å². The third-order valence-electron chi connectivity index (χ3n) is 11.4. The lowest BCUT2D eigenvalue weighted by molar-refractivity contribution is -0.335. The summed E-state index contributed by atoms with van der Waals surface area (Å²) < 4.78 is 25.6. The van der Waals surface area contributed by atoms with Crippen molar-refractivity contribution in [2.75, 3.05) is 13.7 Å². The van der Waals surface area contributed by atoms with Crippen molar-refractivity contribution in [1.29, 1.82) is 1.43 Å². The molecule has 0 aromatic carbocycles. The van der Waals surface area contributed by atoms with Gasteiger partial charge in [-0.05, 0) is 49.4 Å². The summed E-state index contributed by atoms with van der Waals surface area (Å²) in [7, 11) is 1.78. The van der Waals surface area contributed by atoms with E-state index in [2.05, 4.69) is 5.32 Å². The highest BCUT2D eigenvalue weighted by Gasteiger charge is 2.74. The summed E-state index contributed by atoms with van der Waals surface area (Å²) in [4.78, 5) is 42.1. The molecule has 5 rings (SSSR count). The molecule has 11 atom stereocenters. The Morgan fingerprint density at radius 3 is 2.49 bits per heavy atom. The number of thiophene rings is 1. The van der Waals surface area contributed by atoms with Crippen molar-refractivity contribution >= 4 is 29.1 Å². The van der Waals surface area contributed by atoms with Gasteiger partial charge in [-0.25, -0.2) is 0 Å². The molecular formula is C32H45NO9S. The number of carbonyl (C=O) groups is 3. The van der Waals surface area contributed by atoms with Gasteiger partial charge in [0, 0.05) is 36.0 Å². The molecule has 1 aromatic heterocycles. The SMILES string of the molecule is [2H]OC1C[C@H]2OC[C@@]2(O)C2C(C)[C@]3(O)C[C@H](OC(=O)[C@H](C)[C@@H](NC)c4cccs4)C(C)=C([C@@H](OC(C)=O)C(=O)[C@]12C)C3(C)C. The number of esters is 2. The number of aliphatic hydroxyl groups is 3. The van der Waals surface area contributed by atoms with E-state index in [1.54, 1.807) is 48.6 Å². The molecule has 0 radical (unpaired) electrons. The molecule has 2 saturated carbocycles. The standard InChI is InChI=1S/C32H45NO9S/c1-15-19(42-28(37)16(2)24(33-8)20-10-9-11-43-20)13-32(39)17(3)26-30(7,21(35)12-22-31(26,38)14-40-22)27(36)25(41-18(4)34)23(15)29(32,5)6/h9-11,16-17,19,21-22,24-26,33,35,38-39H,12-14H2,1-8H3/t16-,17?,19+,21?,22-,24-,25-,26?,30-,31+,32-/m1/s1/i35D. The number of nitrogens with one attached hydrogen (secondary N) is 1. The zero-order chi connectivity index (χ0) is 32.6. The first-order chi connectivity index (χ1) is 20.5. The van der Waals surface area contributed by atoms with Gasteiger partial charge in [0.15, 0.2) is 11.9 Å². The quantitative estimate of drug-likeness (QED) is 0.265. The van der Waals surface area contributed by atoms with Crippen LogP contribution in [0.1, 0.15) is 72.2 Å². The molecule has 4 aliphatic rings. The van der Waals surface area contributed by atoms with Crippen LogP contribution in [0.25, 0.3) is 0 Å². The molecule has 3 unspecified atom stereocenters. The lowest BCUT2D eigenvalue weighted by Crippen LogP contribution is -2.79. The predicted molar refractivity (Wildman–Crippen MR) is 158 cm³/mol. The predicted octanol–water partition coefficient (Wildman–Crippen LogP) is 2.70. The van der Waals surface area contributed by atoms with Gasteiger partial charge in [0.2, 0.25) is 1.43 Å². The van der Waals surface area contributed by atoms with E-state index in [0.717, 1.165) is 4.88 Å². The van der Waals surface area contributed by atoms with Crippen molar-refractivity contribution in [3.8, 4) is 0 Å². The van der Waals surface area contributed by atoms with Gasteiger partial charge in [-0.3, -0.25) is 14.4 Å². The second-order valence-electron chi connectivity index (χ2n) is 13.8. The van der Waals surface area contributed by atoms with E-state index in [1.807, 2.05) is 17.5 Å². The second-order valence-corrected chi connectivity index (χ2v) is 14.7. The summed E-state index contributed by atoms with van der Waals surface area (Å²) in [6, 6.07) is 3.56. The highest BCUT2D eigenvalue weighted by atomic mass is 32.1. The Kier molecular flexibility index (Phi) is 7.70. The van der Waals surface area contributed by atoms with E-state index in [-0.39, 0.29) is 25.5 Å². The van der Waals surface area contributed by atoms with Gasteiger partial charge in [0.25, 0.3) is 0 Å². The molecule has 4 N–H and O–H groups in total. The molecule has 1 saturated heterocycles. The van der Waals surface area contributed by atoms with Crippen LogP contribution in [-0.2, 0) is 28.6 Å². The van der Waals surface area contributed by atoms with Gasteiger partial charge >= 0.3 is 11.9 Å². The van der Waals surface area contributed by atoms with Crippen molar-refractivity contribution in [3.63, 3.8) is 0 Å². The number of aliphatic hydroxyl groups excluding tert-OH is 1. The molecule has 3 fully saturated rings. The van der Waals surface area contributed by atoms with Crippen LogP contribution in [0.2, 0.25) is 0 Å². The number of Topliss-reactive ketones (excluding diaryl/α,β-unsaturated/α-hetero) is 1. The highest BCUT2D eigenvalue weighted by molar-refractivity contribution is 7.10. The van der Waals surface area contributed by atoms with E-state index in [4.69, 9.17) is 20.8 Å². The molecule has 0 spiro atoms. The fraction of sp³-hybridized carbons (Fsp3) is 0.719. The molecule has 10 nitrogen and oxygen atoms in total. The van der Waals surface area contributed by atoms with Gasteiger partial charge in [-0.15, -0.1) is 11.3 Å². The Morgan fingerprint density at radius 1 is 1.26 bits per heavy atom. The number of ether oxygens (including phenoxy) is 3. The van der Waals surface area contributed by atoms with Gasteiger partial charge in [0.05, 0.1) is 41.8 Å². The highest BCUT2D eigenvalue weighted by Crippen LogP contribution is 2.64. The molecule has 3 aliphatic carbocycles. The largest absolute Gasteiger partial charge is 0.457 e. The van der Waals surface area contributed by atoms with Gasteiger partial charge in [0.1, 0.15) is 11.7 Å². The maximum Gasteiger partial charge on any atom is 0.311 e. The summed E-state index contributed by atoms with van der Waals surface area (Å²) in [5.41, 5.74) is -4.95. The summed E-state index contributed by atoms with van der Waals surface area (Å²) in [5.74, 6) is -4.01. The molecule has 0 amide bonds. The van der Waals surface area contributed by atoms with Crippen LogP contribution >= 0.6 is 11.3 Å². The number of rotatable bonds is 7. The van der Waals surface area contributed by atoms with Crippen LogP contribution in [0, 0.1) is 28.6 Å². The average molecular weight is 621 g/mol. The van der Waals surface area contributed by atoms with E-state index in [0.29, 0.717) is 11.1 Å². The fourth-order valence-electron chi connectivity index (χ4n) is 8.83. The normalized spacial score (nSPS) is 41.8. The zero-order valence-corrected chi connectivity index (χ0v) is 26.9. The number of carbonyl (C=O) groups excluding carboxylic acids is 3. The Bertz CT molecular complexity index is 1350. The second kappa shape index (κ2) is 10.7. The van der Waals surface area contributed by atoms with Crippen LogP contribution < -0.4 is 5.32 Å². The first-order valence-electron chi connectivity index (χ1n) is 15.4. The molecule has 2 bridgehead atoms. The lowest BCUT2D eigenvalue weighted by Gasteiger charge is -2.67. The van der Waals surface area contributed by atoms with Crippen LogP contribution in [0.15, 0.2) is 28.7 Å². The summed E-state index contributed by atoms with van der Waals surface area (Å²) in [6.45, 7) is 11.7. The number of fused-ring (bicyclic) bond motifs is 5. The van der Waals surface area contributed by atoms with Crippen molar-refractivity contribution in [2.24, 2.45) is 28.6 Å². The Balaban J connectivity index is 1.66. The molecule has 1 aliphatic heterocycles. The maximum absolute atomic E-state index is 14.8. The number of hydrogen-bond donors (Lipinski definition) is 4. The first-order valence-corrected chi connectivity index (χ1v) is 15.9. The van der Waals surface area contributed by atoms with E-state index in [9.17, 15) is 24.6 Å². The maximum atomic E-state index is 14.8. The Morgan fingerprint density at radius 2 is 1.95 bits per heavy atom. The molecular weight excluding hydrogens is 574 g/mol. The van der Waals surface area contributed by atoms with Crippen molar-refractivity contribution in [1.82, 2.24) is 5.32 Å². The summed E-state index contributed by atoms with van der Waals surface area (Å²) >= 11 is 1.53. The summed E-state index contributed by atoms with van der Waals surface area (Å²) in [6.07, 6.45) is -4.03. The van der Waals surface area contributed by atoms with Crippen molar-refractivity contribution in [3.05, 3.63) is 33.5 Å². The minimum atomic E-state index is -1.66. The van der Waals surface area contributed by atoms with E-state index < -0.39 is 81.9 Å². The van der Waals surface area contributed by atoms with Gasteiger partial charge in [-0.1, -0.05) is 33.8 Å². The van der Waals surface area contributed by atoms with Crippen molar-refractivity contribution in [2.45, 2.75) is 103 Å². The average Bonchev–Trinajstić information content (AvgIpc) is 3.48. The minimum Gasteiger partial charge on any atom is -0.457 e.